The predicted molar refractivity (Wildman–Crippen MR) is 77.9 cm³/mol. The van der Waals surface area contributed by atoms with Gasteiger partial charge in [-0.05, 0) is 53.0 Å². The molecule has 1 aliphatic rings. The van der Waals surface area contributed by atoms with Gasteiger partial charge in [-0.25, -0.2) is 4.98 Å². The summed E-state index contributed by atoms with van der Waals surface area (Å²) in [6.45, 7) is 11.0. The summed E-state index contributed by atoms with van der Waals surface area (Å²) in [5, 5.41) is 1.18. The molecule has 2 heterocycles. The molecule has 0 saturated carbocycles. The van der Waals surface area contributed by atoms with Crippen LogP contribution in [0.1, 0.15) is 48.3 Å². The van der Waals surface area contributed by atoms with Crippen LogP contribution in [-0.2, 0) is 0 Å². The average molecular weight is 267 g/mol. The topological polar surface area (TPSA) is 42.2 Å². The normalized spacial score (nSPS) is 25.1. The standard InChI is InChI=1S/C14H25N3S/c1-9(15)13-6-5-7-17(8-13)10(2)14-11(3)18-12(4)16-14/h9-10,13H,5-8,15H2,1-4H3. The van der Waals surface area contributed by atoms with Crippen molar-refractivity contribution in [1.29, 1.82) is 0 Å². The van der Waals surface area contributed by atoms with E-state index in [0.29, 0.717) is 18.0 Å². The Balaban J connectivity index is 2.09. The second-order valence-electron chi connectivity index (χ2n) is 5.61. The number of rotatable bonds is 3. The minimum Gasteiger partial charge on any atom is -0.328 e. The van der Waals surface area contributed by atoms with E-state index in [2.05, 4.69) is 32.6 Å². The molecule has 3 atom stereocenters. The summed E-state index contributed by atoms with van der Waals surface area (Å²) in [4.78, 5) is 8.62. The van der Waals surface area contributed by atoms with Crippen LogP contribution in [-0.4, -0.2) is 29.0 Å². The van der Waals surface area contributed by atoms with Crippen LogP contribution < -0.4 is 5.73 Å². The molecule has 0 bridgehead atoms. The van der Waals surface area contributed by atoms with E-state index >= 15 is 0 Å². The van der Waals surface area contributed by atoms with Gasteiger partial charge in [-0.15, -0.1) is 11.3 Å². The van der Waals surface area contributed by atoms with Gasteiger partial charge in [0.05, 0.1) is 16.7 Å². The van der Waals surface area contributed by atoms with Gasteiger partial charge >= 0.3 is 0 Å². The first-order valence-electron chi connectivity index (χ1n) is 6.92. The van der Waals surface area contributed by atoms with Crippen LogP contribution in [0, 0.1) is 19.8 Å². The van der Waals surface area contributed by atoms with Gasteiger partial charge in [0.2, 0.25) is 0 Å². The van der Waals surface area contributed by atoms with Crippen molar-refractivity contribution in [3.63, 3.8) is 0 Å². The fourth-order valence-electron chi connectivity index (χ4n) is 2.93. The van der Waals surface area contributed by atoms with Gasteiger partial charge < -0.3 is 5.73 Å². The van der Waals surface area contributed by atoms with Crippen LogP contribution in [0.15, 0.2) is 0 Å². The SMILES string of the molecule is Cc1nc(C(C)N2CCCC(C(C)N)C2)c(C)s1. The first-order valence-corrected chi connectivity index (χ1v) is 7.74. The van der Waals surface area contributed by atoms with E-state index in [1.54, 1.807) is 11.3 Å². The fraction of sp³-hybridized carbons (Fsp3) is 0.786. The van der Waals surface area contributed by atoms with E-state index in [0.717, 1.165) is 6.54 Å². The summed E-state index contributed by atoms with van der Waals surface area (Å²) < 4.78 is 0. The molecule has 102 valence electrons. The largest absolute Gasteiger partial charge is 0.328 e. The molecule has 0 spiro atoms. The molecule has 1 aromatic heterocycles. The average Bonchev–Trinajstić information content (AvgIpc) is 2.67. The zero-order chi connectivity index (χ0) is 13.3. The number of aryl methyl sites for hydroxylation is 2. The minimum atomic E-state index is 0.304. The molecule has 4 heteroatoms. The van der Waals surface area contributed by atoms with Crippen molar-refractivity contribution in [2.45, 2.75) is 52.6 Å². The zero-order valence-electron chi connectivity index (χ0n) is 11.9. The number of thiazole rings is 1. The van der Waals surface area contributed by atoms with Crippen LogP contribution in [0.5, 0.6) is 0 Å². The number of hydrogen-bond donors (Lipinski definition) is 1. The van der Waals surface area contributed by atoms with Gasteiger partial charge in [0.15, 0.2) is 0 Å². The lowest BCUT2D eigenvalue weighted by Gasteiger charge is -2.38. The summed E-state index contributed by atoms with van der Waals surface area (Å²) in [5.74, 6) is 0.640. The third-order valence-electron chi connectivity index (χ3n) is 4.12. The second kappa shape index (κ2) is 5.68. The van der Waals surface area contributed by atoms with Crippen molar-refractivity contribution in [3.05, 3.63) is 15.6 Å². The van der Waals surface area contributed by atoms with Gasteiger partial charge in [0.25, 0.3) is 0 Å². The number of nitrogens with two attached hydrogens (primary N) is 1. The molecule has 0 radical (unpaired) electrons. The monoisotopic (exact) mass is 267 g/mol. The van der Waals surface area contributed by atoms with E-state index in [1.807, 2.05) is 0 Å². The van der Waals surface area contributed by atoms with Crippen molar-refractivity contribution in [2.24, 2.45) is 11.7 Å². The lowest BCUT2D eigenvalue weighted by Crippen LogP contribution is -2.43. The fourth-order valence-corrected chi connectivity index (χ4v) is 3.83. The van der Waals surface area contributed by atoms with E-state index in [4.69, 9.17) is 10.7 Å². The number of nitrogens with zero attached hydrogens (tertiary/aromatic N) is 2. The molecular formula is C14H25N3S. The third-order valence-corrected chi connectivity index (χ3v) is 5.02. The highest BCUT2D eigenvalue weighted by molar-refractivity contribution is 7.11. The van der Waals surface area contributed by atoms with Gasteiger partial charge in [-0.3, -0.25) is 4.90 Å². The van der Waals surface area contributed by atoms with E-state index in [1.165, 1.54) is 35.0 Å². The van der Waals surface area contributed by atoms with E-state index < -0.39 is 0 Å². The summed E-state index contributed by atoms with van der Waals surface area (Å²) in [7, 11) is 0. The first-order chi connectivity index (χ1) is 8.49. The van der Waals surface area contributed by atoms with Crippen LogP contribution in [0.2, 0.25) is 0 Å². The van der Waals surface area contributed by atoms with Crippen molar-refractivity contribution < 1.29 is 0 Å². The van der Waals surface area contributed by atoms with Crippen LogP contribution >= 0.6 is 11.3 Å². The summed E-state index contributed by atoms with van der Waals surface area (Å²) in [5.41, 5.74) is 7.33. The van der Waals surface area contributed by atoms with Crippen molar-refractivity contribution in [2.75, 3.05) is 13.1 Å². The highest BCUT2D eigenvalue weighted by Gasteiger charge is 2.28. The van der Waals surface area contributed by atoms with Gasteiger partial charge in [0.1, 0.15) is 0 Å². The Bertz CT molecular complexity index is 400. The third kappa shape index (κ3) is 2.92. The molecule has 1 aromatic rings. The van der Waals surface area contributed by atoms with E-state index in [9.17, 15) is 0 Å². The van der Waals surface area contributed by atoms with Crippen molar-refractivity contribution in [3.8, 4) is 0 Å². The maximum atomic E-state index is 6.06. The molecule has 1 saturated heterocycles. The quantitative estimate of drug-likeness (QED) is 0.915. The second-order valence-corrected chi connectivity index (χ2v) is 7.01. The van der Waals surface area contributed by atoms with Crippen LogP contribution in [0.25, 0.3) is 0 Å². The van der Waals surface area contributed by atoms with E-state index in [-0.39, 0.29) is 0 Å². The van der Waals surface area contributed by atoms with Crippen molar-refractivity contribution >= 4 is 11.3 Å². The molecule has 1 aliphatic heterocycles. The summed E-state index contributed by atoms with van der Waals surface area (Å²) in [6, 6.07) is 0.731. The molecule has 2 N–H and O–H groups in total. The van der Waals surface area contributed by atoms with Crippen LogP contribution in [0.4, 0.5) is 0 Å². The highest BCUT2D eigenvalue weighted by atomic mass is 32.1. The van der Waals surface area contributed by atoms with Crippen molar-refractivity contribution in [1.82, 2.24) is 9.88 Å². The van der Waals surface area contributed by atoms with Gasteiger partial charge in [0, 0.05) is 17.5 Å². The van der Waals surface area contributed by atoms with Gasteiger partial charge in [-0.2, -0.15) is 0 Å². The summed E-state index contributed by atoms with van der Waals surface area (Å²) in [6.07, 6.45) is 2.54. The Morgan fingerprint density at radius 2 is 2.11 bits per heavy atom. The molecule has 3 unspecified atom stereocenters. The number of hydrogen-bond acceptors (Lipinski definition) is 4. The molecule has 0 aliphatic carbocycles. The predicted octanol–water partition coefficient (Wildman–Crippen LogP) is 2.88. The molecular weight excluding hydrogens is 242 g/mol. The molecule has 2 rings (SSSR count). The Morgan fingerprint density at radius 1 is 1.39 bits per heavy atom. The molecule has 0 amide bonds. The van der Waals surface area contributed by atoms with Crippen LogP contribution in [0.3, 0.4) is 0 Å². The maximum Gasteiger partial charge on any atom is 0.0900 e. The molecule has 3 nitrogen and oxygen atoms in total. The Labute approximate surface area is 114 Å². The Kier molecular flexibility index (Phi) is 4.41. The highest BCUT2D eigenvalue weighted by Crippen LogP contribution is 2.30. The lowest BCUT2D eigenvalue weighted by atomic mass is 9.91. The number of likely N-dealkylation sites (tertiary alicyclic amines) is 1. The lowest BCUT2D eigenvalue weighted by molar-refractivity contribution is 0.119. The number of aromatic nitrogens is 1. The number of piperidine rings is 1. The zero-order valence-corrected chi connectivity index (χ0v) is 12.8. The summed E-state index contributed by atoms with van der Waals surface area (Å²) >= 11 is 1.81. The smallest absolute Gasteiger partial charge is 0.0900 e. The Morgan fingerprint density at radius 3 is 2.67 bits per heavy atom. The molecule has 0 aromatic carbocycles. The molecule has 1 fully saturated rings. The first kappa shape index (κ1) is 14.0. The minimum absolute atomic E-state index is 0.304. The van der Waals surface area contributed by atoms with Gasteiger partial charge in [-0.1, -0.05) is 0 Å². The molecule has 18 heavy (non-hydrogen) atoms. The maximum absolute atomic E-state index is 6.06. The Hall–Kier alpha value is -0.450.